The molecule has 2 aromatic carbocycles. The number of nitrogens with one attached hydrogen (secondary N) is 3. The Morgan fingerprint density at radius 1 is 1.17 bits per heavy atom. The van der Waals surface area contributed by atoms with Crippen molar-refractivity contribution in [2.75, 3.05) is 23.8 Å². The van der Waals surface area contributed by atoms with Gasteiger partial charge in [0.05, 0.1) is 12.6 Å². The molecule has 1 aliphatic heterocycles. The summed E-state index contributed by atoms with van der Waals surface area (Å²) in [7, 11) is 0. The van der Waals surface area contributed by atoms with Crippen LogP contribution in [0.3, 0.4) is 0 Å². The molecule has 158 valence electrons. The first-order chi connectivity index (χ1) is 14.4. The number of aryl methyl sites for hydroxylation is 1. The molecule has 0 unspecified atom stereocenters. The third-order valence-corrected chi connectivity index (χ3v) is 4.63. The molecule has 7 nitrogen and oxygen atoms in total. The summed E-state index contributed by atoms with van der Waals surface area (Å²) in [5, 5.41) is 8.49. The number of nitrogens with zero attached hydrogens (tertiary/aromatic N) is 1. The summed E-state index contributed by atoms with van der Waals surface area (Å²) in [6.45, 7) is 4.36. The zero-order valence-electron chi connectivity index (χ0n) is 17.0. The van der Waals surface area contributed by atoms with Gasteiger partial charge in [-0.3, -0.25) is 14.9 Å². The van der Waals surface area contributed by atoms with Crippen LogP contribution in [-0.2, 0) is 9.53 Å². The predicted octanol–water partition coefficient (Wildman–Crippen LogP) is 3.47. The molecule has 2 aromatic rings. The van der Waals surface area contributed by atoms with Gasteiger partial charge in [-0.1, -0.05) is 6.07 Å². The Hall–Kier alpha value is -3.26. The number of ether oxygens (including phenoxy) is 1. The zero-order valence-corrected chi connectivity index (χ0v) is 17.0. The number of rotatable bonds is 5. The second kappa shape index (κ2) is 9.98. The van der Waals surface area contributed by atoms with Crippen LogP contribution < -0.4 is 16.0 Å². The van der Waals surface area contributed by atoms with Crippen LogP contribution in [0.1, 0.15) is 35.7 Å². The van der Waals surface area contributed by atoms with E-state index in [0.29, 0.717) is 30.1 Å². The maximum absolute atomic E-state index is 13.2. The predicted molar refractivity (Wildman–Crippen MR) is 114 cm³/mol. The molecule has 0 aliphatic carbocycles. The number of carbonyl (C=O) groups is 2. The number of aliphatic imine (C=N–C) groups is 1. The first kappa shape index (κ1) is 21.4. The summed E-state index contributed by atoms with van der Waals surface area (Å²) in [5.74, 6) is -0.717. The number of halogens is 1. The van der Waals surface area contributed by atoms with Gasteiger partial charge < -0.3 is 15.4 Å². The fourth-order valence-corrected chi connectivity index (χ4v) is 3.03. The van der Waals surface area contributed by atoms with Gasteiger partial charge in [-0.05, 0) is 61.7 Å². The second-order valence-corrected chi connectivity index (χ2v) is 7.12. The molecule has 30 heavy (non-hydrogen) atoms. The molecule has 0 aromatic heterocycles. The van der Waals surface area contributed by atoms with Crippen LogP contribution in [-0.4, -0.2) is 37.0 Å². The number of hydrogen-bond donors (Lipinski definition) is 3. The van der Waals surface area contributed by atoms with Crippen molar-refractivity contribution in [1.82, 2.24) is 5.32 Å². The topological polar surface area (TPSA) is 91.8 Å². The molecule has 1 saturated heterocycles. The first-order valence-electron chi connectivity index (χ1n) is 9.79. The first-order valence-corrected chi connectivity index (χ1v) is 9.79. The molecule has 1 atom stereocenters. The van der Waals surface area contributed by atoms with Crippen molar-refractivity contribution in [2.45, 2.75) is 32.8 Å². The average Bonchev–Trinajstić information content (AvgIpc) is 3.23. The third kappa shape index (κ3) is 6.12. The van der Waals surface area contributed by atoms with Gasteiger partial charge in [0.25, 0.3) is 5.91 Å². The van der Waals surface area contributed by atoms with Crippen molar-refractivity contribution in [3.63, 3.8) is 0 Å². The number of amides is 2. The number of hydrogen-bond acceptors (Lipinski definition) is 4. The van der Waals surface area contributed by atoms with E-state index in [4.69, 9.17) is 4.74 Å². The van der Waals surface area contributed by atoms with Crippen molar-refractivity contribution in [3.8, 4) is 0 Å². The van der Waals surface area contributed by atoms with Gasteiger partial charge in [0.15, 0.2) is 0 Å². The SMILES string of the molecule is CC(=O)Nc1cc(C(=O)NC(=NC[C@@H]2CCCO2)Nc2ccc(F)cc2)ccc1C. The van der Waals surface area contributed by atoms with Crippen molar-refractivity contribution in [2.24, 2.45) is 4.99 Å². The lowest BCUT2D eigenvalue weighted by Gasteiger charge is -2.14. The van der Waals surface area contributed by atoms with E-state index in [0.717, 1.165) is 18.4 Å². The molecule has 3 N–H and O–H groups in total. The van der Waals surface area contributed by atoms with E-state index in [2.05, 4.69) is 20.9 Å². The highest BCUT2D eigenvalue weighted by atomic mass is 19.1. The van der Waals surface area contributed by atoms with Crippen molar-refractivity contribution in [1.29, 1.82) is 0 Å². The fraction of sp³-hybridized carbons (Fsp3) is 0.318. The van der Waals surface area contributed by atoms with Crippen LogP contribution in [0, 0.1) is 12.7 Å². The van der Waals surface area contributed by atoms with Crippen molar-refractivity contribution < 1.29 is 18.7 Å². The molecule has 1 heterocycles. The van der Waals surface area contributed by atoms with Gasteiger partial charge in [-0.25, -0.2) is 9.38 Å². The molecule has 1 fully saturated rings. The third-order valence-electron chi connectivity index (χ3n) is 4.63. The molecular formula is C22H25FN4O3. The Balaban J connectivity index is 1.77. The number of carbonyl (C=O) groups excluding carboxylic acids is 2. The Labute approximate surface area is 174 Å². The smallest absolute Gasteiger partial charge is 0.258 e. The summed E-state index contributed by atoms with van der Waals surface area (Å²) < 4.78 is 18.8. The van der Waals surface area contributed by atoms with E-state index in [-0.39, 0.29) is 29.7 Å². The molecule has 2 amide bonds. The Morgan fingerprint density at radius 2 is 1.93 bits per heavy atom. The summed E-state index contributed by atoms with van der Waals surface area (Å²) >= 11 is 0. The van der Waals surface area contributed by atoms with E-state index in [1.54, 1.807) is 30.3 Å². The minimum Gasteiger partial charge on any atom is -0.376 e. The van der Waals surface area contributed by atoms with E-state index < -0.39 is 0 Å². The Bertz CT molecular complexity index is 938. The maximum atomic E-state index is 13.2. The summed E-state index contributed by atoms with van der Waals surface area (Å²) in [4.78, 5) is 28.7. The summed E-state index contributed by atoms with van der Waals surface area (Å²) in [5.41, 5.74) is 2.37. The highest BCUT2D eigenvalue weighted by molar-refractivity contribution is 6.10. The van der Waals surface area contributed by atoms with Gasteiger partial charge in [0.2, 0.25) is 11.9 Å². The summed E-state index contributed by atoms with van der Waals surface area (Å²) in [6, 6.07) is 10.8. The van der Waals surface area contributed by atoms with Crippen molar-refractivity contribution >= 4 is 29.1 Å². The number of benzene rings is 2. The van der Waals surface area contributed by atoms with Crippen LogP contribution in [0.4, 0.5) is 15.8 Å². The van der Waals surface area contributed by atoms with Crippen LogP contribution >= 0.6 is 0 Å². The van der Waals surface area contributed by atoms with Gasteiger partial charge in [0.1, 0.15) is 5.82 Å². The molecule has 0 spiro atoms. The maximum Gasteiger partial charge on any atom is 0.258 e. The van der Waals surface area contributed by atoms with Crippen LogP contribution in [0.2, 0.25) is 0 Å². The molecule has 0 bridgehead atoms. The lowest BCUT2D eigenvalue weighted by molar-refractivity contribution is -0.114. The average molecular weight is 412 g/mol. The van der Waals surface area contributed by atoms with E-state index in [9.17, 15) is 14.0 Å². The minimum absolute atomic E-state index is 0.0117. The lowest BCUT2D eigenvalue weighted by atomic mass is 10.1. The molecule has 0 radical (unpaired) electrons. The second-order valence-electron chi connectivity index (χ2n) is 7.12. The number of anilines is 2. The van der Waals surface area contributed by atoms with Crippen LogP contribution in [0.5, 0.6) is 0 Å². The monoisotopic (exact) mass is 412 g/mol. The highest BCUT2D eigenvalue weighted by Crippen LogP contribution is 2.17. The lowest BCUT2D eigenvalue weighted by Crippen LogP contribution is -2.36. The van der Waals surface area contributed by atoms with Crippen LogP contribution in [0.15, 0.2) is 47.5 Å². The molecular weight excluding hydrogens is 387 g/mol. The van der Waals surface area contributed by atoms with Gasteiger partial charge in [0, 0.05) is 30.5 Å². The summed E-state index contributed by atoms with van der Waals surface area (Å²) in [6.07, 6.45) is 1.92. The fourth-order valence-electron chi connectivity index (χ4n) is 3.03. The van der Waals surface area contributed by atoms with E-state index >= 15 is 0 Å². The van der Waals surface area contributed by atoms with Gasteiger partial charge in [-0.2, -0.15) is 0 Å². The molecule has 8 heteroatoms. The Morgan fingerprint density at radius 3 is 2.60 bits per heavy atom. The van der Waals surface area contributed by atoms with Crippen LogP contribution in [0.25, 0.3) is 0 Å². The van der Waals surface area contributed by atoms with Gasteiger partial charge >= 0.3 is 0 Å². The highest BCUT2D eigenvalue weighted by Gasteiger charge is 2.16. The molecule has 0 saturated carbocycles. The largest absolute Gasteiger partial charge is 0.376 e. The quantitative estimate of drug-likeness (QED) is 0.518. The Kier molecular flexibility index (Phi) is 7.13. The number of guanidine groups is 1. The standard InChI is InChI=1S/C22H25FN4O3/c1-14-5-6-16(12-20(14)25-15(2)28)21(29)27-22(24-13-19-4-3-11-30-19)26-18-9-7-17(23)8-10-18/h5-10,12,19H,3-4,11,13H2,1-2H3,(H,25,28)(H2,24,26,27,29)/t19-/m0/s1. The van der Waals surface area contributed by atoms with Crippen molar-refractivity contribution in [3.05, 3.63) is 59.4 Å². The minimum atomic E-state index is -0.387. The normalized spacial score (nSPS) is 16.2. The van der Waals surface area contributed by atoms with E-state index in [1.807, 2.05) is 6.92 Å². The van der Waals surface area contributed by atoms with E-state index in [1.165, 1.54) is 19.1 Å². The van der Waals surface area contributed by atoms with Gasteiger partial charge in [-0.15, -0.1) is 0 Å². The zero-order chi connectivity index (χ0) is 21.5. The molecule has 3 rings (SSSR count). The molecule has 1 aliphatic rings.